The molecule has 0 aliphatic rings. The van der Waals surface area contributed by atoms with Gasteiger partial charge in [0.25, 0.3) is 0 Å². The normalized spacial score (nSPS) is 11.5. The Hall–Kier alpha value is -6.84. The van der Waals surface area contributed by atoms with Gasteiger partial charge in [0.2, 0.25) is 0 Å². The van der Waals surface area contributed by atoms with Crippen LogP contribution in [-0.2, 0) is 0 Å². The molecule has 0 amide bonds. The molecule has 0 spiro atoms. The molecule has 0 aliphatic carbocycles. The van der Waals surface area contributed by atoms with Gasteiger partial charge in [0, 0.05) is 50.0 Å². The molecule has 10 aromatic rings. The number of benzene rings is 8. The smallest absolute Gasteiger partial charge is 0.0542 e. The average Bonchev–Trinajstić information content (AvgIpc) is 3.72. The molecule has 3 nitrogen and oxygen atoms in total. The SMILES string of the molecule is c1ccc(-c2ccc(-n3c4ccccc4c4cc(N(c5ccccc5)c5ccc(-n6c7ccccc7c7ccccc76)cc5)ccc43)cc2)cc1. The molecular weight excluding hydrogens is 619 g/mol. The minimum absolute atomic E-state index is 1.10. The maximum absolute atomic E-state index is 2.39. The van der Waals surface area contributed by atoms with Gasteiger partial charge >= 0.3 is 0 Å². The third-order valence-corrected chi connectivity index (χ3v) is 10.1. The molecule has 2 aromatic heterocycles. The van der Waals surface area contributed by atoms with E-state index in [-0.39, 0.29) is 0 Å². The van der Waals surface area contributed by atoms with Gasteiger partial charge < -0.3 is 14.0 Å². The first-order valence-electron chi connectivity index (χ1n) is 17.4. The zero-order chi connectivity index (χ0) is 33.7. The molecule has 0 bridgehead atoms. The van der Waals surface area contributed by atoms with Crippen LogP contribution in [0.15, 0.2) is 200 Å². The van der Waals surface area contributed by atoms with Gasteiger partial charge in [0.05, 0.1) is 22.1 Å². The molecule has 0 N–H and O–H groups in total. The number of para-hydroxylation sites is 4. The quantitative estimate of drug-likeness (QED) is 0.174. The second-order valence-electron chi connectivity index (χ2n) is 13.0. The van der Waals surface area contributed by atoms with E-state index >= 15 is 0 Å². The van der Waals surface area contributed by atoms with Crippen LogP contribution in [0, 0.1) is 0 Å². The fourth-order valence-corrected chi connectivity index (χ4v) is 7.79. The zero-order valence-corrected chi connectivity index (χ0v) is 27.9. The third-order valence-electron chi connectivity index (χ3n) is 10.1. The molecule has 0 atom stereocenters. The van der Waals surface area contributed by atoms with Crippen LogP contribution in [0.3, 0.4) is 0 Å². The Morgan fingerprint density at radius 1 is 0.275 bits per heavy atom. The number of nitrogens with zero attached hydrogens (tertiary/aromatic N) is 3. The Morgan fingerprint density at radius 3 is 1.24 bits per heavy atom. The molecule has 0 saturated heterocycles. The van der Waals surface area contributed by atoms with E-state index in [2.05, 4.69) is 214 Å². The second kappa shape index (κ2) is 11.9. The largest absolute Gasteiger partial charge is 0.310 e. The summed E-state index contributed by atoms with van der Waals surface area (Å²) in [6, 6.07) is 72.1. The molecule has 10 rings (SSSR count). The van der Waals surface area contributed by atoms with Crippen molar-refractivity contribution in [2.75, 3.05) is 4.90 Å². The molecule has 0 unspecified atom stereocenters. The Balaban J connectivity index is 1.10. The van der Waals surface area contributed by atoms with Crippen molar-refractivity contribution in [3.63, 3.8) is 0 Å². The van der Waals surface area contributed by atoms with Crippen molar-refractivity contribution in [1.29, 1.82) is 0 Å². The van der Waals surface area contributed by atoms with Gasteiger partial charge in [-0.1, -0.05) is 115 Å². The van der Waals surface area contributed by atoms with Crippen molar-refractivity contribution >= 4 is 60.7 Å². The van der Waals surface area contributed by atoms with Crippen molar-refractivity contribution < 1.29 is 0 Å². The van der Waals surface area contributed by atoms with E-state index in [9.17, 15) is 0 Å². The molecule has 0 saturated carbocycles. The van der Waals surface area contributed by atoms with Gasteiger partial charge in [-0.25, -0.2) is 0 Å². The van der Waals surface area contributed by atoms with Crippen LogP contribution in [0.2, 0.25) is 0 Å². The van der Waals surface area contributed by atoms with Crippen LogP contribution in [0.25, 0.3) is 66.1 Å². The Morgan fingerprint density at radius 2 is 0.667 bits per heavy atom. The summed E-state index contributed by atoms with van der Waals surface area (Å²) in [4.78, 5) is 2.36. The van der Waals surface area contributed by atoms with Crippen molar-refractivity contribution in [3.8, 4) is 22.5 Å². The second-order valence-corrected chi connectivity index (χ2v) is 13.0. The van der Waals surface area contributed by atoms with Crippen LogP contribution >= 0.6 is 0 Å². The van der Waals surface area contributed by atoms with Gasteiger partial charge in [-0.05, 0) is 96.1 Å². The molecule has 240 valence electrons. The first kappa shape index (κ1) is 29.1. The summed E-state index contributed by atoms with van der Waals surface area (Å²) < 4.78 is 4.76. The molecule has 0 fully saturated rings. The van der Waals surface area contributed by atoms with E-state index in [0.717, 1.165) is 28.4 Å². The summed E-state index contributed by atoms with van der Waals surface area (Å²) in [5, 5.41) is 4.99. The van der Waals surface area contributed by atoms with Crippen LogP contribution in [0.5, 0.6) is 0 Å². The summed E-state index contributed by atoms with van der Waals surface area (Å²) >= 11 is 0. The number of hydrogen-bond donors (Lipinski definition) is 0. The Bertz CT molecular complexity index is 2770. The monoisotopic (exact) mass is 651 g/mol. The highest BCUT2D eigenvalue weighted by molar-refractivity contribution is 6.11. The minimum Gasteiger partial charge on any atom is -0.310 e. The lowest BCUT2D eigenvalue weighted by molar-refractivity contribution is 1.17. The fraction of sp³-hybridized carbons (Fsp3) is 0. The number of rotatable bonds is 6. The molecule has 0 aliphatic heterocycles. The maximum atomic E-state index is 2.39. The number of hydrogen-bond acceptors (Lipinski definition) is 1. The van der Waals surface area contributed by atoms with E-state index in [4.69, 9.17) is 0 Å². The molecule has 3 heteroatoms. The highest BCUT2D eigenvalue weighted by Crippen LogP contribution is 2.40. The summed E-state index contributed by atoms with van der Waals surface area (Å²) in [6.45, 7) is 0. The topological polar surface area (TPSA) is 13.1 Å². The van der Waals surface area contributed by atoms with Crippen LogP contribution in [0.4, 0.5) is 17.1 Å². The lowest BCUT2D eigenvalue weighted by Gasteiger charge is -2.26. The van der Waals surface area contributed by atoms with Crippen molar-refractivity contribution in [2.45, 2.75) is 0 Å². The van der Waals surface area contributed by atoms with Crippen molar-refractivity contribution in [3.05, 3.63) is 200 Å². The lowest BCUT2D eigenvalue weighted by Crippen LogP contribution is -2.10. The first-order valence-corrected chi connectivity index (χ1v) is 17.4. The van der Waals surface area contributed by atoms with Gasteiger partial charge in [-0.15, -0.1) is 0 Å². The zero-order valence-electron chi connectivity index (χ0n) is 27.9. The lowest BCUT2D eigenvalue weighted by atomic mass is 10.1. The molecule has 2 heterocycles. The molecule has 0 radical (unpaired) electrons. The predicted octanol–water partition coefficient (Wildman–Crippen LogP) is 13.0. The van der Waals surface area contributed by atoms with Crippen molar-refractivity contribution in [2.24, 2.45) is 0 Å². The number of anilines is 3. The highest BCUT2D eigenvalue weighted by atomic mass is 15.1. The highest BCUT2D eigenvalue weighted by Gasteiger charge is 2.18. The van der Waals surface area contributed by atoms with Crippen LogP contribution in [-0.4, -0.2) is 9.13 Å². The van der Waals surface area contributed by atoms with Gasteiger partial charge in [0.1, 0.15) is 0 Å². The van der Waals surface area contributed by atoms with Crippen molar-refractivity contribution in [1.82, 2.24) is 9.13 Å². The summed E-state index contributed by atoms with van der Waals surface area (Å²) in [5.74, 6) is 0. The molecule has 8 aromatic carbocycles. The van der Waals surface area contributed by atoms with Gasteiger partial charge in [0.15, 0.2) is 0 Å². The first-order chi connectivity index (χ1) is 25.3. The standard InChI is InChI=1S/C48H33N3/c1-3-13-34(14-4-1)35-23-25-38(26-24-35)51-47-22-12-9-19-43(47)44-33-40(31-32-48(44)51)49(36-15-5-2-6-16-36)37-27-29-39(30-28-37)50-45-20-10-7-17-41(45)42-18-8-11-21-46(42)50/h1-33H. The van der Waals surface area contributed by atoms with Crippen LogP contribution < -0.4 is 4.90 Å². The summed E-state index contributed by atoms with van der Waals surface area (Å²) in [7, 11) is 0. The third kappa shape index (κ3) is 4.82. The predicted molar refractivity (Wildman–Crippen MR) is 215 cm³/mol. The Kier molecular flexibility index (Phi) is 6.81. The molecular formula is C48H33N3. The minimum atomic E-state index is 1.10. The number of fused-ring (bicyclic) bond motifs is 6. The average molecular weight is 652 g/mol. The van der Waals surface area contributed by atoms with Gasteiger partial charge in [-0.3, -0.25) is 0 Å². The van der Waals surface area contributed by atoms with Gasteiger partial charge in [-0.2, -0.15) is 0 Å². The summed E-state index contributed by atoms with van der Waals surface area (Å²) in [5.41, 5.74) is 12.8. The maximum Gasteiger partial charge on any atom is 0.0542 e. The van der Waals surface area contributed by atoms with E-state index in [0.29, 0.717) is 0 Å². The van der Waals surface area contributed by atoms with E-state index in [1.807, 2.05) is 0 Å². The molecule has 51 heavy (non-hydrogen) atoms. The Labute approximate surface area is 296 Å². The van der Waals surface area contributed by atoms with E-state index in [1.165, 1.54) is 54.7 Å². The van der Waals surface area contributed by atoms with E-state index in [1.54, 1.807) is 0 Å². The van der Waals surface area contributed by atoms with E-state index < -0.39 is 0 Å². The van der Waals surface area contributed by atoms with Crippen LogP contribution in [0.1, 0.15) is 0 Å². The summed E-state index contributed by atoms with van der Waals surface area (Å²) in [6.07, 6.45) is 0. The fourth-order valence-electron chi connectivity index (χ4n) is 7.79. The number of aromatic nitrogens is 2.